The van der Waals surface area contributed by atoms with E-state index in [9.17, 15) is 0 Å². The van der Waals surface area contributed by atoms with Crippen LogP contribution in [0.25, 0.3) is 0 Å². The Labute approximate surface area is 105 Å². The maximum absolute atomic E-state index is 5.75. The van der Waals surface area contributed by atoms with Crippen LogP contribution in [0.5, 0.6) is 0 Å². The van der Waals surface area contributed by atoms with E-state index in [2.05, 4.69) is 21.9 Å². The molecule has 0 amide bonds. The van der Waals surface area contributed by atoms with Gasteiger partial charge in [0.25, 0.3) is 0 Å². The zero-order valence-electron chi connectivity index (χ0n) is 9.56. The first-order valence-corrected chi connectivity index (χ1v) is 5.83. The van der Waals surface area contributed by atoms with E-state index >= 15 is 0 Å². The van der Waals surface area contributed by atoms with Crippen molar-refractivity contribution in [3.8, 4) is 0 Å². The molecule has 5 nitrogen and oxygen atoms in total. The number of furan rings is 1. The molecule has 0 fully saturated rings. The Balaban J connectivity index is 2.15. The van der Waals surface area contributed by atoms with Crippen LogP contribution >= 0.6 is 11.6 Å². The summed E-state index contributed by atoms with van der Waals surface area (Å²) in [6.45, 7) is 2.95. The Bertz CT molecular complexity index is 479. The standard InChI is InChI=1S/C11H15ClN4O/c1-2-16-6-5-14-11(16)7-8(15-13)9-3-4-10(12)17-9/h3-6,8,15H,2,7,13H2,1H3. The lowest BCUT2D eigenvalue weighted by Gasteiger charge is -2.13. The molecular weight excluding hydrogens is 240 g/mol. The van der Waals surface area contributed by atoms with Gasteiger partial charge in [0.2, 0.25) is 0 Å². The summed E-state index contributed by atoms with van der Waals surface area (Å²) < 4.78 is 7.41. The number of aromatic nitrogens is 2. The van der Waals surface area contributed by atoms with Gasteiger partial charge in [-0.2, -0.15) is 0 Å². The summed E-state index contributed by atoms with van der Waals surface area (Å²) in [7, 11) is 0. The van der Waals surface area contributed by atoms with E-state index in [1.807, 2.05) is 12.3 Å². The van der Waals surface area contributed by atoms with Gasteiger partial charge in [0, 0.05) is 25.4 Å². The molecule has 0 bridgehead atoms. The Morgan fingerprint density at radius 3 is 3.00 bits per heavy atom. The minimum atomic E-state index is -0.129. The Morgan fingerprint density at radius 2 is 2.41 bits per heavy atom. The van der Waals surface area contributed by atoms with Crippen LogP contribution in [0, 0.1) is 0 Å². The number of hydrazine groups is 1. The lowest BCUT2D eigenvalue weighted by atomic mass is 10.1. The van der Waals surface area contributed by atoms with Crippen molar-refractivity contribution >= 4 is 11.6 Å². The van der Waals surface area contributed by atoms with Crippen molar-refractivity contribution < 1.29 is 4.42 Å². The third-order valence-electron chi connectivity index (χ3n) is 2.67. The second-order valence-electron chi connectivity index (χ2n) is 3.69. The lowest BCUT2D eigenvalue weighted by molar-refractivity contribution is 0.408. The maximum Gasteiger partial charge on any atom is 0.193 e. The van der Waals surface area contributed by atoms with E-state index in [0.717, 1.165) is 12.4 Å². The molecule has 0 radical (unpaired) electrons. The molecule has 0 aliphatic rings. The highest BCUT2D eigenvalue weighted by atomic mass is 35.5. The second-order valence-corrected chi connectivity index (χ2v) is 4.07. The van der Waals surface area contributed by atoms with Crippen LogP contribution in [-0.4, -0.2) is 9.55 Å². The number of nitrogens with one attached hydrogen (secondary N) is 1. The van der Waals surface area contributed by atoms with Gasteiger partial charge in [-0.3, -0.25) is 5.84 Å². The monoisotopic (exact) mass is 254 g/mol. The third-order valence-corrected chi connectivity index (χ3v) is 2.87. The molecule has 0 aliphatic heterocycles. The van der Waals surface area contributed by atoms with E-state index in [4.69, 9.17) is 21.9 Å². The minimum absolute atomic E-state index is 0.129. The van der Waals surface area contributed by atoms with Crippen molar-refractivity contribution in [2.45, 2.75) is 25.9 Å². The molecule has 0 spiro atoms. The third kappa shape index (κ3) is 2.69. The minimum Gasteiger partial charge on any atom is -0.448 e. The van der Waals surface area contributed by atoms with Gasteiger partial charge in [-0.1, -0.05) is 0 Å². The van der Waals surface area contributed by atoms with Crippen molar-refractivity contribution in [3.63, 3.8) is 0 Å². The molecule has 2 heterocycles. The van der Waals surface area contributed by atoms with Gasteiger partial charge in [-0.25, -0.2) is 10.4 Å². The molecule has 2 aromatic rings. The van der Waals surface area contributed by atoms with Crippen molar-refractivity contribution in [1.29, 1.82) is 0 Å². The van der Waals surface area contributed by atoms with Crippen LogP contribution in [-0.2, 0) is 13.0 Å². The normalized spacial score (nSPS) is 12.9. The van der Waals surface area contributed by atoms with E-state index in [0.29, 0.717) is 17.4 Å². The molecule has 0 aromatic carbocycles. The second kappa shape index (κ2) is 5.35. The highest BCUT2D eigenvalue weighted by Crippen LogP contribution is 2.22. The fourth-order valence-electron chi connectivity index (χ4n) is 1.76. The number of nitrogens with two attached hydrogens (primary N) is 1. The van der Waals surface area contributed by atoms with Gasteiger partial charge in [0.1, 0.15) is 11.6 Å². The first kappa shape index (κ1) is 12.2. The predicted molar refractivity (Wildman–Crippen MR) is 65.4 cm³/mol. The number of halogens is 1. The molecule has 0 saturated carbocycles. The predicted octanol–water partition coefficient (Wildman–Crippen LogP) is 1.90. The van der Waals surface area contributed by atoms with Crippen LogP contribution < -0.4 is 11.3 Å². The van der Waals surface area contributed by atoms with Crippen LogP contribution in [0.2, 0.25) is 5.22 Å². The summed E-state index contributed by atoms with van der Waals surface area (Å²) in [5.74, 6) is 7.20. The molecule has 2 aromatic heterocycles. The summed E-state index contributed by atoms with van der Waals surface area (Å²) in [6, 6.07) is 3.38. The smallest absolute Gasteiger partial charge is 0.193 e. The number of hydrogen-bond acceptors (Lipinski definition) is 4. The van der Waals surface area contributed by atoms with Crippen LogP contribution in [0.3, 0.4) is 0 Å². The molecule has 1 atom stereocenters. The zero-order chi connectivity index (χ0) is 12.3. The van der Waals surface area contributed by atoms with Crippen molar-refractivity contribution in [2.24, 2.45) is 5.84 Å². The van der Waals surface area contributed by atoms with E-state index in [-0.39, 0.29) is 6.04 Å². The molecule has 2 rings (SSSR count). The van der Waals surface area contributed by atoms with Gasteiger partial charge < -0.3 is 8.98 Å². The fourth-order valence-corrected chi connectivity index (χ4v) is 1.91. The van der Waals surface area contributed by atoms with Crippen LogP contribution in [0.15, 0.2) is 28.9 Å². The Hall–Kier alpha value is -1.30. The van der Waals surface area contributed by atoms with Gasteiger partial charge >= 0.3 is 0 Å². The molecule has 6 heteroatoms. The SMILES string of the molecule is CCn1ccnc1CC(NN)c1ccc(Cl)o1. The first-order valence-electron chi connectivity index (χ1n) is 5.46. The summed E-state index contributed by atoms with van der Waals surface area (Å²) in [6.07, 6.45) is 4.38. The molecule has 0 aliphatic carbocycles. The molecule has 0 saturated heterocycles. The molecule has 17 heavy (non-hydrogen) atoms. The average molecular weight is 255 g/mol. The summed E-state index contributed by atoms with van der Waals surface area (Å²) in [4.78, 5) is 4.30. The summed E-state index contributed by atoms with van der Waals surface area (Å²) in [5.41, 5.74) is 2.72. The number of rotatable bonds is 5. The number of nitrogens with zero attached hydrogens (tertiary/aromatic N) is 2. The van der Waals surface area contributed by atoms with Gasteiger partial charge in [-0.05, 0) is 30.7 Å². The number of imidazole rings is 1. The van der Waals surface area contributed by atoms with Crippen molar-refractivity contribution in [2.75, 3.05) is 0 Å². The molecule has 3 N–H and O–H groups in total. The maximum atomic E-state index is 5.75. The number of hydrogen-bond donors (Lipinski definition) is 2. The fraction of sp³-hybridized carbons (Fsp3) is 0.364. The van der Waals surface area contributed by atoms with E-state index < -0.39 is 0 Å². The van der Waals surface area contributed by atoms with Crippen molar-refractivity contribution in [3.05, 3.63) is 41.3 Å². The van der Waals surface area contributed by atoms with Crippen molar-refractivity contribution in [1.82, 2.24) is 15.0 Å². The lowest BCUT2D eigenvalue weighted by Crippen LogP contribution is -2.30. The average Bonchev–Trinajstić information content (AvgIpc) is 2.94. The Kier molecular flexibility index (Phi) is 3.83. The summed E-state index contributed by atoms with van der Waals surface area (Å²) in [5, 5.41) is 0.360. The quantitative estimate of drug-likeness (QED) is 0.632. The largest absolute Gasteiger partial charge is 0.448 e. The van der Waals surface area contributed by atoms with Gasteiger partial charge in [0.05, 0.1) is 6.04 Å². The van der Waals surface area contributed by atoms with E-state index in [1.54, 1.807) is 12.3 Å². The highest BCUT2D eigenvalue weighted by molar-refractivity contribution is 6.28. The topological polar surface area (TPSA) is 69.0 Å². The van der Waals surface area contributed by atoms with Gasteiger partial charge in [-0.15, -0.1) is 0 Å². The molecule has 1 unspecified atom stereocenters. The highest BCUT2D eigenvalue weighted by Gasteiger charge is 2.17. The zero-order valence-corrected chi connectivity index (χ0v) is 10.3. The van der Waals surface area contributed by atoms with Gasteiger partial charge in [0.15, 0.2) is 5.22 Å². The molecular formula is C11H15ClN4O. The molecule has 92 valence electrons. The first-order chi connectivity index (χ1) is 8.24. The van der Waals surface area contributed by atoms with Crippen LogP contribution in [0.1, 0.15) is 24.6 Å². The number of aryl methyl sites for hydroxylation is 1. The van der Waals surface area contributed by atoms with Crippen LogP contribution in [0.4, 0.5) is 0 Å². The van der Waals surface area contributed by atoms with E-state index in [1.165, 1.54) is 0 Å². The summed E-state index contributed by atoms with van der Waals surface area (Å²) >= 11 is 5.75. The Morgan fingerprint density at radius 1 is 1.59 bits per heavy atom.